The lowest BCUT2D eigenvalue weighted by molar-refractivity contribution is -0.145. The fourth-order valence-electron chi connectivity index (χ4n) is 1.29. The lowest BCUT2D eigenvalue weighted by Crippen LogP contribution is -2.40. The van der Waals surface area contributed by atoms with E-state index in [0.29, 0.717) is 6.42 Å². The van der Waals surface area contributed by atoms with Crippen molar-refractivity contribution in [2.24, 2.45) is 0 Å². The molecule has 0 spiro atoms. The number of hydrogen-bond acceptors (Lipinski definition) is 4. The molecule has 0 aliphatic carbocycles. The van der Waals surface area contributed by atoms with Crippen LogP contribution in [0.25, 0.3) is 0 Å². The van der Waals surface area contributed by atoms with Crippen molar-refractivity contribution in [2.75, 3.05) is 20.7 Å². The number of amides is 1. The van der Waals surface area contributed by atoms with Crippen LogP contribution in [0.4, 0.5) is 0 Å². The molecule has 17 heavy (non-hydrogen) atoms. The van der Waals surface area contributed by atoms with Crippen LogP contribution in [-0.4, -0.2) is 38.6 Å². The second kappa shape index (κ2) is 13.0. The molecule has 1 atom stereocenters. The van der Waals surface area contributed by atoms with E-state index in [1.165, 1.54) is 14.0 Å². The molecule has 0 aliphatic rings. The first-order chi connectivity index (χ1) is 8.11. The Morgan fingerprint density at radius 2 is 1.82 bits per heavy atom. The van der Waals surface area contributed by atoms with Gasteiger partial charge in [-0.15, -0.1) is 0 Å². The zero-order chi connectivity index (χ0) is 13.7. The van der Waals surface area contributed by atoms with Gasteiger partial charge in [0.2, 0.25) is 5.91 Å². The first-order valence-corrected chi connectivity index (χ1v) is 6.11. The molecular formula is C12H26N2O3. The van der Waals surface area contributed by atoms with Gasteiger partial charge in [-0.25, -0.2) is 4.79 Å². The second-order valence-corrected chi connectivity index (χ2v) is 3.38. The summed E-state index contributed by atoms with van der Waals surface area (Å²) in [7, 11) is 3.20. The third-order valence-corrected chi connectivity index (χ3v) is 2.03. The molecule has 1 unspecified atom stereocenters. The second-order valence-electron chi connectivity index (χ2n) is 3.38. The van der Waals surface area contributed by atoms with Gasteiger partial charge < -0.3 is 15.4 Å². The molecule has 1 amide bonds. The highest BCUT2D eigenvalue weighted by molar-refractivity contribution is 5.83. The van der Waals surface area contributed by atoms with Crippen LogP contribution in [0, 0.1) is 0 Å². The Hall–Kier alpha value is -1.10. The van der Waals surface area contributed by atoms with Crippen LogP contribution < -0.4 is 10.6 Å². The van der Waals surface area contributed by atoms with Gasteiger partial charge in [0.25, 0.3) is 0 Å². The Labute approximate surface area is 104 Å². The number of nitrogens with one attached hydrogen (secondary N) is 2. The maximum atomic E-state index is 11.3. The maximum Gasteiger partial charge on any atom is 0.328 e. The van der Waals surface area contributed by atoms with E-state index in [-0.39, 0.29) is 11.9 Å². The molecule has 0 aliphatic heterocycles. The zero-order valence-corrected chi connectivity index (χ0v) is 11.6. The minimum atomic E-state index is -0.510. The topological polar surface area (TPSA) is 67.4 Å². The standard InChI is InChI=1S/C10H20N2O3.C2H6/c1-8(13)12-9(10(14)15-3)6-4-5-7-11-2;1-2/h9,11H,4-7H2,1-3H3,(H,12,13);1-2H3. The SMILES string of the molecule is CC.CNCCCCC(NC(C)=O)C(=O)OC. The quantitative estimate of drug-likeness (QED) is 0.521. The highest BCUT2D eigenvalue weighted by Crippen LogP contribution is 2.02. The summed E-state index contributed by atoms with van der Waals surface area (Å²) in [4.78, 5) is 22.1. The molecule has 0 fully saturated rings. The van der Waals surface area contributed by atoms with Crippen LogP contribution in [0.3, 0.4) is 0 Å². The fraction of sp³-hybridized carbons (Fsp3) is 0.833. The van der Waals surface area contributed by atoms with Crippen molar-refractivity contribution >= 4 is 11.9 Å². The molecular weight excluding hydrogens is 220 g/mol. The van der Waals surface area contributed by atoms with E-state index in [4.69, 9.17) is 0 Å². The molecule has 102 valence electrons. The first kappa shape index (κ1) is 18.3. The number of esters is 1. The molecule has 0 heterocycles. The molecule has 5 nitrogen and oxygen atoms in total. The number of carbonyl (C=O) groups is 2. The molecule has 5 heteroatoms. The Morgan fingerprint density at radius 3 is 2.24 bits per heavy atom. The minimum Gasteiger partial charge on any atom is -0.467 e. The summed E-state index contributed by atoms with van der Waals surface area (Å²) >= 11 is 0. The molecule has 0 saturated heterocycles. The first-order valence-electron chi connectivity index (χ1n) is 6.11. The van der Waals surface area contributed by atoms with Gasteiger partial charge in [0.15, 0.2) is 0 Å². The zero-order valence-electron chi connectivity index (χ0n) is 11.6. The van der Waals surface area contributed by atoms with Crippen molar-refractivity contribution < 1.29 is 14.3 Å². The normalized spacial score (nSPS) is 10.9. The smallest absolute Gasteiger partial charge is 0.328 e. The van der Waals surface area contributed by atoms with E-state index in [0.717, 1.165) is 19.4 Å². The molecule has 2 N–H and O–H groups in total. The summed E-state index contributed by atoms with van der Waals surface area (Å²) in [5.41, 5.74) is 0. The summed E-state index contributed by atoms with van der Waals surface area (Å²) in [5.74, 6) is -0.589. The molecule has 0 bridgehead atoms. The number of rotatable bonds is 7. The monoisotopic (exact) mass is 246 g/mol. The van der Waals surface area contributed by atoms with Crippen LogP contribution in [0.15, 0.2) is 0 Å². The molecule has 0 aromatic heterocycles. The van der Waals surface area contributed by atoms with E-state index in [1.807, 2.05) is 20.9 Å². The average Bonchev–Trinajstić information content (AvgIpc) is 2.34. The summed E-state index contributed by atoms with van der Waals surface area (Å²) in [6.07, 6.45) is 2.47. The lowest BCUT2D eigenvalue weighted by atomic mass is 10.1. The van der Waals surface area contributed by atoms with E-state index in [1.54, 1.807) is 0 Å². The molecule has 0 aromatic rings. The Bertz CT molecular complexity index is 208. The van der Waals surface area contributed by atoms with Gasteiger partial charge in [0, 0.05) is 6.92 Å². The predicted molar refractivity (Wildman–Crippen MR) is 68.7 cm³/mol. The van der Waals surface area contributed by atoms with E-state index in [2.05, 4.69) is 15.4 Å². The summed E-state index contributed by atoms with van der Waals surface area (Å²) in [6, 6.07) is -0.510. The van der Waals surface area contributed by atoms with Crippen LogP contribution in [0.5, 0.6) is 0 Å². The highest BCUT2D eigenvalue weighted by atomic mass is 16.5. The van der Waals surface area contributed by atoms with E-state index >= 15 is 0 Å². The van der Waals surface area contributed by atoms with Gasteiger partial charge in [-0.2, -0.15) is 0 Å². The van der Waals surface area contributed by atoms with Crippen LogP contribution in [0.2, 0.25) is 0 Å². The number of methoxy groups -OCH3 is 1. The number of ether oxygens (including phenoxy) is 1. The van der Waals surface area contributed by atoms with Crippen molar-refractivity contribution in [3.05, 3.63) is 0 Å². The van der Waals surface area contributed by atoms with Crippen molar-refractivity contribution in [3.63, 3.8) is 0 Å². The van der Waals surface area contributed by atoms with Gasteiger partial charge >= 0.3 is 5.97 Å². The maximum absolute atomic E-state index is 11.3. The number of unbranched alkanes of at least 4 members (excludes halogenated alkanes) is 1. The van der Waals surface area contributed by atoms with E-state index in [9.17, 15) is 9.59 Å². The minimum absolute atomic E-state index is 0.209. The highest BCUT2D eigenvalue weighted by Gasteiger charge is 2.18. The fourth-order valence-corrected chi connectivity index (χ4v) is 1.29. The molecule has 0 aromatic carbocycles. The Balaban J connectivity index is 0. The third-order valence-electron chi connectivity index (χ3n) is 2.03. The number of carbonyl (C=O) groups excluding carboxylic acids is 2. The van der Waals surface area contributed by atoms with Crippen LogP contribution in [0.1, 0.15) is 40.0 Å². The summed E-state index contributed by atoms with van der Waals surface area (Å²) in [6.45, 7) is 6.30. The van der Waals surface area contributed by atoms with Crippen molar-refractivity contribution in [2.45, 2.75) is 46.1 Å². The van der Waals surface area contributed by atoms with Gasteiger partial charge in [-0.3, -0.25) is 4.79 Å². The van der Waals surface area contributed by atoms with Crippen LogP contribution >= 0.6 is 0 Å². The Morgan fingerprint density at radius 1 is 1.24 bits per heavy atom. The van der Waals surface area contributed by atoms with Crippen molar-refractivity contribution in [1.82, 2.24) is 10.6 Å². The van der Waals surface area contributed by atoms with Crippen molar-refractivity contribution in [3.8, 4) is 0 Å². The molecule has 0 rings (SSSR count). The van der Waals surface area contributed by atoms with Gasteiger partial charge in [0.1, 0.15) is 6.04 Å². The predicted octanol–water partition coefficient (Wildman–Crippen LogP) is 1.08. The largest absolute Gasteiger partial charge is 0.467 e. The van der Waals surface area contributed by atoms with Gasteiger partial charge in [0.05, 0.1) is 7.11 Å². The third kappa shape index (κ3) is 11.2. The van der Waals surface area contributed by atoms with Crippen LogP contribution in [-0.2, 0) is 14.3 Å². The van der Waals surface area contributed by atoms with Gasteiger partial charge in [-0.05, 0) is 32.9 Å². The van der Waals surface area contributed by atoms with Crippen molar-refractivity contribution in [1.29, 1.82) is 0 Å². The lowest BCUT2D eigenvalue weighted by Gasteiger charge is -2.14. The summed E-state index contributed by atoms with van der Waals surface area (Å²) < 4.78 is 4.60. The number of hydrogen-bond donors (Lipinski definition) is 2. The Kier molecular flexibility index (Phi) is 13.9. The summed E-state index contributed by atoms with van der Waals surface area (Å²) in [5, 5.41) is 5.60. The average molecular weight is 246 g/mol. The van der Waals surface area contributed by atoms with Gasteiger partial charge in [-0.1, -0.05) is 13.8 Å². The van der Waals surface area contributed by atoms with E-state index < -0.39 is 6.04 Å². The molecule has 0 saturated carbocycles. The molecule has 0 radical (unpaired) electrons.